The first-order valence-corrected chi connectivity index (χ1v) is 3.76. The summed E-state index contributed by atoms with van der Waals surface area (Å²) in [7, 11) is 0. The Morgan fingerprint density at radius 2 is 2.00 bits per heavy atom. The molecule has 0 fully saturated rings. The first-order chi connectivity index (χ1) is 4.48. The molecular weight excluding hydrogens is 126 g/mol. The minimum atomic E-state index is -0.880. The number of carbonyl (C=O) groups excluding carboxylic acids is 1. The van der Waals surface area contributed by atoms with E-state index in [1.807, 2.05) is 6.92 Å². The first kappa shape index (κ1) is 9.63. The summed E-state index contributed by atoms with van der Waals surface area (Å²) in [5.41, 5.74) is 6.49. The summed E-state index contributed by atoms with van der Waals surface area (Å²) in [5.74, 6) is 0.0503. The zero-order valence-corrected chi connectivity index (χ0v) is 7.03. The van der Waals surface area contributed by atoms with Crippen LogP contribution in [-0.4, -0.2) is 11.3 Å². The van der Waals surface area contributed by atoms with Crippen LogP contribution in [0.4, 0.5) is 0 Å². The van der Waals surface area contributed by atoms with Gasteiger partial charge in [0.15, 0.2) is 5.78 Å². The molecule has 1 radical (unpaired) electrons. The second-order valence-corrected chi connectivity index (χ2v) is 3.15. The summed E-state index contributed by atoms with van der Waals surface area (Å²) in [6.07, 6.45) is 2.51. The highest BCUT2D eigenvalue weighted by atomic mass is 16.1. The molecule has 0 spiro atoms. The third-order valence-corrected chi connectivity index (χ3v) is 1.45. The van der Waals surface area contributed by atoms with Gasteiger partial charge in [-0.2, -0.15) is 0 Å². The molecule has 10 heavy (non-hydrogen) atoms. The van der Waals surface area contributed by atoms with Gasteiger partial charge in [-0.05, 0) is 20.3 Å². The number of ketones is 1. The van der Waals surface area contributed by atoms with Gasteiger partial charge < -0.3 is 0 Å². The molecule has 0 saturated heterocycles. The fraction of sp³-hybridized carbons (Fsp3) is 0.875. The van der Waals surface area contributed by atoms with Crippen LogP contribution in [0.2, 0.25) is 0 Å². The van der Waals surface area contributed by atoms with E-state index < -0.39 is 5.54 Å². The maximum absolute atomic E-state index is 11.0. The number of hydrogen-bond acceptors (Lipinski definition) is 1. The summed E-state index contributed by atoms with van der Waals surface area (Å²) < 4.78 is 0. The third-order valence-electron chi connectivity index (χ3n) is 1.45. The van der Waals surface area contributed by atoms with Crippen molar-refractivity contribution in [3.63, 3.8) is 0 Å². The van der Waals surface area contributed by atoms with Gasteiger partial charge in [0.25, 0.3) is 0 Å². The van der Waals surface area contributed by atoms with E-state index in [9.17, 15) is 4.79 Å². The van der Waals surface area contributed by atoms with Crippen LogP contribution in [0.25, 0.3) is 0 Å². The predicted molar refractivity (Wildman–Crippen MR) is 41.7 cm³/mol. The van der Waals surface area contributed by atoms with Gasteiger partial charge in [-0.25, -0.2) is 5.73 Å². The molecule has 1 N–H and O–H groups in total. The second-order valence-electron chi connectivity index (χ2n) is 3.15. The first-order valence-electron chi connectivity index (χ1n) is 3.76. The van der Waals surface area contributed by atoms with Crippen LogP contribution >= 0.6 is 0 Å². The highest BCUT2D eigenvalue weighted by Gasteiger charge is 2.21. The zero-order valence-electron chi connectivity index (χ0n) is 7.03. The highest BCUT2D eigenvalue weighted by molar-refractivity contribution is 5.86. The molecule has 0 aliphatic heterocycles. The molecule has 0 rings (SSSR count). The van der Waals surface area contributed by atoms with E-state index in [4.69, 9.17) is 5.73 Å². The van der Waals surface area contributed by atoms with E-state index in [1.165, 1.54) is 0 Å². The van der Waals surface area contributed by atoms with Crippen LogP contribution in [0.1, 0.15) is 40.0 Å². The molecule has 0 heterocycles. The van der Waals surface area contributed by atoms with E-state index in [-0.39, 0.29) is 5.78 Å². The van der Waals surface area contributed by atoms with E-state index in [0.717, 1.165) is 12.8 Å². The van der Waals surface area contributed by atoms with Gasteiger partial charge >= 0.3 is 0 Å². The highest BCUT2D eigenvalue weighted by Crippen LogP contribution is 2.07. The van der Waals surface area contributed by atoms with Gasteiger partial charge in [0.05, 0.1) is 5.54 Å². The number of unbranched alkanes of at least 4 members (excludes halogenated alkanes) is 1. The summed E-state index contributed by atoms with van der Waals surface area (Å²) >= 11 is 0. The van der Waals surface area contributed by atoms with Crippen LogP contribution in [0.15, 0.2) is 0 Å². The molecule has 0 unspecified atom stereocenters. The SMILES string of the molecule is CCCCC(=O)C(C)(C)[NH]. The Balaban J connectivity index is 3.64. The Bertz CT molecular complexity index is 113. The Kier molecular flexibility index (Phi) is 3.58. The lowest BCUT2D eigenvalue weighted by Gasteiger charge is -2.14. The summed E-state index contributed by atoms with van der Waals surface area (Å²) in [6.45, 7) is 5.33. The molecule has 0 aromatic carbocycles. The molecule has 0 amide bonds. The average Bonchev–Trinajstić information content (AvgIpc) is 1.80. The number of hydrogen-bond donors (Lipinski definition) is 0. The largest absolute Gasteiger partial charge is 0.298 e. The Labute approximate surface area is 62.8 Å². The smallest absolute Gasteiger partial charge is 0.153 e. The van der Waals surface area contributed by atoms with E-state index in [1.54, 1.807) is 13.8 Å². The molecule has 2 nitrogen and oxygen atoms in total. The molecule has 0 aliphatic carbocycles. The molecule has 0 aromatic rings. The average molecular weight is 142 g/mol. The van der Waals surface area contributed by atoms with E-state index >= 15 is 0 Å². The van der Waals surface area contributed by atoms with Crippen molar-refractivity contribution < 1.29 is 4.79 Å². The van der Waals surface area contributed by atoms with E-state index in [2.05, 4.69) is 0 Å². The van der Waals surface area contributed by atoms with E-state index in [0.29, 0.717) is 6.42 Å². The Hall–Kier alpha value is -0.370. The van der Waals surface area contributed by atoms with Crippen molar-refractivity contribution in [2.24, 2.45) is 0 Å². The summed E-state index contributed by atoms with van der Waals surface area (Å²) in [6, 6.07) is 0. The topological polar surface area (TPSA) is 40.9 Å². The number of nitrogens with one attached hydrogen (secondary N) is 1. The molecule has 0 bridgehead atoms. The normalized spacial score (nSPS) is 11.6. The van der Waals surface area contributed by atoms with Crippen molar-refractivity contribution in [3.05, 3.63) is 0 Å². The minimum Gasteiger partial charge on any atom is -0.298 e. The van der Waals surface area contributed by atoms with Crippen LogP contribution in [0.5, 0.6) is 0 Å². The lowest BCUT2D eigenvalue weighted by Crippen LogP contribution is -2.32. The van der Waals surface area contributed by atoms with Crippen molar-refractivity contribution in [3.8, 4) is 0 Å². The van der Waals surface area contributed by atoms with Gasteiger partial charge in [-0.1, -0.05) is 13.3 Å². The maximum atomic E-state index is 11.0. The van der Waals surface area contributed by atoms with Crippen molar-refractivity contribution >= 4 is 5.78 Å². The molecule has 0 aliphatic rings. The quantitative estimate of drug-likeness (QED) is 0.590. The standard InChI is InChI=1S/C8H16NO/c1-4-5-6-7(10)8(2,3)9/h9H,4-6H2,1-3H3. The van der Waals surface area contributed by atoms with Gasteiger partial charge in [0.2, 0.25) is 0 Å². The lowest BCUT2D eigenvalue weighted by molar-refractivity contribution is -0.123. The Morgan fingerprint density at radius 1 is 1.50 bits per heavy atom. The lowest BCUT2D eigenvalue weighted by atomic mass is 9.97. The van der Waals surface area contributed by atoms with Gasteiger partial charge in [0.1, 0.15) is 0 Å². The van der Waals surface area contributed by atoms with Gasteiger partial charge in [0, 0.05) is 6.42 Å². The zero-order chi connectivity index (χ0) is 8.20. The predicted octanol–water partition coefficient (Wildman–Crippen LogP) is 1.81. The molecule has 0 saturated carbocycles. The number of rotatable bonds is 4. The number of Topliss-reactive ketones (excluding diaryl/α,β-unsaturated/α-hetero) is 1. The minimum absolute atomic E-state index is 0.0503. The van der Waals surface area contributed by atoms with Crippen LogP contribution < -0.4 is 5.73 Å². The summed E-state index contributed by atoms with van der Waals surface area (Å²) in [5, 5.41) is 0. The monoisotopic (exact) mass is 142 g/mol. The second kappa shape index (κ2) is 3.71. The molecular formula is C8H16NO. The molecule has 0 atom stereocenters. The van der Waals surface area contributed by atoms with Crippen LogP contribution in [0.3, 0.4) is 0 Å². The van der Waals surface area contributed by atoms with Crippen LogP contribution in [-0.2, 0) is 4.79 Å². The fourth-order valence-electron chi connectivity index (χ4n) is 0.650. The maximum Gasteiger partial charge on any atom is 0.153 e. The number of carbonyl (C=O) groups is 1. The fourth-order valence-corrected chi connectivity index (χ4v) is 0.650. The van der Waals surface area contributed by atoms with Crippen molar-refractivity contribution in [2.45, 2.75) is 45.6 Å². The van der Waals surface area contributed by atoms with Crippen LogP contribution in [0, 0.1) is 0 Å². The molecule has 59 valence electrons. The van der Waals surface area contributed by atoms with Crippen molar-refractivity contribution in [2.75, 3.05) is 0 Å². The van der Waals surface area contributed by atoms with Crippen molar-refractivity contribution in [1.29, 1.82) is 0 Å². The summed E-state index contributed by atoms with van der Waals surface area (Å²) in [4.78, 5) is 11.0. The van der Waals surface area contributed by atoms with Gasteiger partial charge in [-0.15, -0.1) is 0 Å². The van der Waals surface area contributed by atoms with Gasteiger partial charge in [-0.3, -0.25) is 4.79 Å². The molecule has 2 heteroatoms. The van der Waals surface area contributed by atoms with Crippen molar-refractivity contribution in [1.82, 2.24) is 5.73 Å². The third kappa shape index (κ3) is 3.62. The molecule has 0 aromatic heterocycles. The Morgan fingerprint density at radius 3 is 2.30 bits per heavy atom.